The van der Waals surface area contributed by atoms with Crippen molar-refractivity contribution in [3.63, 3.8) is 0 Å². The van der Waals surface area contributed by atoms with Gasteiger partial charge >= 0.3 is 0 Å². The fourth-order valence-electron chi connectivity index (χ4n) is 3.72. The summed E-state index contributed by atoms with van der Waals surface area (Å²) in [6, 6.07) is 2.45. The highest BCUT2D eigenvalue weighted by atomic mass is 19.2. The van der Waals surface area contributed by atoms with Crippen LogP contribution in [0.3, 0.4) is 0 Å². The molecule has 0 radical (unpaired) electrons. The number of nitrogen functional groups attached to an aromatic ring is 1. The summed E-state index contributed by atoms with van der Waals surface area (Å²) in [7, 11) is 0. The molecule has 1 saturated carbocycles. The van der Waals surface area contributed by atoms with E-state index in [0.717, 1.165) is 31.2 Å². The minimum Gasteiger partial charge on any atom is -0.394 e. The first-order valence-electron chi connectivity index (χ1n) is 9.00. The van der Waals surface area contributed by atoms with Gasteiger partial charge in [-0.25, -0.2) is 23.7 Å². The van der Waals surface area contributed by atoms with Gasteiger partial charge in [-0.15, -0.1) is 0 Å². The quantitative estimate of drug-likeness (QED) is 0.567. The number of nitrogens with one attached hydrogen (secondary N) is 1. The minimum atomic E-state index is -1.11. The van der Waals surface area contributed by atoms with Gasteiger partial charge in [-0.2, -0.15) is 0 Å². The third-order valence-electron chi connectivity index (χ3n) is 5.43. The molecule has 0 spiro atoms. The van der Waals surface area contributed by atoms with Gasteiger partial charge in [0.2, 0.25) is 0 Å². The maximum Gasteiger partial charge on any atom is 0.272 e. The van der Waals surface area contributed by atoms with Crippen molar-refractivity contribution in [3.8, 4) is 0 Å². The van der Waals surface area contributed by atoms with Gasteiger partial charge in [0.25, 0.3) is 5.56 Å². The lowest BCUT2D eigenvalue weighted by Crippen LogP contribution is -2.20. The normalized spacial score (nSPS) is 14.6. The molecule has 3 N–H and O–H groups in total. The molecule has 5 rings (SSSR count). The Morgan fingerprint density at radius 1 is 1.21 bits per heavy atom. The van der Waals surface area contributed by atoms with Crippen molar-refractivity contribution in [3.05, 3.63) is 57.9 Å². The van der Waals surface area contributed by atoms with E-state index in [2.05, 4.69) is 19.9 Å². The summed E-state index contributed by atoms with van der Waals surface area (Å²) in [5.41, 5.74) is 6.63. The average molecular weight is 382 g/mol. The number of hydrogen-bond acceptors (Lipinski definition) is 5. The maximum atomic E-state index is 14.3. The molecule has 0 saturated heterocycles. The number of benzene rings is 1. The number of halogens is 2. The molecule has 1 fully saturated rings. The van der Waals surface area contributed by atoms with Crippen LogP contribution in [0, 0.1) is 11.6 Å². The van der Waals surface area contributed by atoms with Crippen molar-refractivity contribution in [1.29, 1.82) is 0 Å². The van der Waals surface area contributed by atoms with Gasteiger partial charge in [0.15, 0.2) is 22.9 Å². The van der Waals surface area contributed by atoms with E-state index in [-0.39, 0.29) is 23.7 Å². The molecule has 3 heterocycles. The molecule has 0 unspecified atom stereocenters. The van der Waals surface area contributed by atoms with Crippen molar-refractivity contribution < 1.29 is 8.78 Å². The zero-order valence-corrected chi connectivity index (χ0v) is 14.7. The molecule has 4 aromatic rings. The third-order valence-corrected chi connectivity index (χ3v) is 5.43. The summed E-state index contributed by atoms with van der Waals surface area (Å²) in [5, 5.41) is 0.348. The van der Waals surface area contributed by atoms with E-state index in [1.807, 2.05) is 4.57 Å². The zero-order chi connectivity index (χ0) is 19.4. The molecule has 28 heavy (non-hydrogen) atoms. The zero-order valence-electron chi connectivity index (χ0n) is 14.7. The molecule has 3 aromatic heterocycles. The summed E-state index contributed by atoms with van der Waals surface area (Å²) >= 11 is 0. The molecule has 1 aliphatic rings. The summed E-state index contributed by atoms with van der Waals surface area (Å²) in [5.74, 6) is -1.04. The van der Waals surface area contributed by atoms with Crippen molar-refractivity contribution in [2.45, 2.75) is 31.7 Å². The van der Waals surface area contributed by atoms with Crippen LogP contribution in [0.5, 0.6) is 0 Å². The monoisotopic (exact) mass is 382 g/mol. The number of anilines is 1. The number of aromatic nitrogens is 5. The van der Waals surface area contributed by atoms with Crippen LogP contribution >= 0.6 is 0 Å². The standard InChI is InChI=1S/C19H16F2N6O/c20-12-5-4-10-11(14(22)19(28)25-15(10)13(12)21)8-27-17(9-2-1-3-9)26-16-18(27)24-7-6-23-16/h4-7,9H,1-3,8,22H2,(H,25,28). The fraction of sp³-hybridized carbons (Fsp3) is 0.263. The molecule has 0 bridgehead atoms. The molecule has 0 amide bonds. The molecule has 142 valence electrons. The number of rotatable bonds is 3. The second kappa shape index (κ2) is 6.08. The van der Waals surface area contributed by atoms with Crippen LogP contribution in [-0.2, 0) is 6.54 Å². The second-order valence-corrected chi connectivity index (χ2v) is 7.02. The molecule has 0 aliphatic heterocycles. The van der Waals surface area contributed by atoms with E-state index in [1.165, 1.54) is 6.07 Å². The van der Waals surface area contributed by atoms with Crippen molar-refractivity contribution in [1.82, 2.24) is 24.5 Å². The Morgan fingerprint density at radius 2 is 2.00 bits per heavy atom. The number of pyridine rings is 1. The van der Waals surface area contributed by atoms with Crippen LogP contribution in [0.15, 0.2) is 29.3 Å². The summed E-state index contributed by atoms with van der Waals surface area (Å²) in [6.45, 7) is 0.165. The van der Waals surface area contributed by atoms with Crippen LogP contribution in [0.2, 0.25) is 0 Å². The first-order chi connectivity index (χ1) is 13.5. The minimum absolute atomic E-state index is 0.0381. The lowest BCUT2D eigenvalue weighted by atomic mass is 9.85. The molecular formula is C19H16F2N6O. The van der Waals surface area contributed by atoms with Crippen LogP contribution in [0.4, 0.5) is 14.5 Å². The SMILES string of the molecule is Nc1c(Cn2c(C3CCC3)nc3nccnc32)c2ccc(F)c(F)c2[nH]c1=O. The highest BCUT2D eigenvalue weighted by Gasteiger charge is 2.27. The molecule has 0 atom stereocenters. The van der Waals surface area contributed by atoms with Gasteiger partial charge in [0.1, 0.15) is 11.5 Å². The summed E-state index contributed by atoms with van der Waals surface area (Å²) < 4.78 is 29.8. The Labute approximate surface area is 157 Å². The topological polar surface area (TPSA) is 102 Å². The highest BCUT2D eigenvalue weighted by Crippen LogP contribution is 2.37. The van der Waals surface area contributed by atoms with Crippen LogP contribution in [0.1, 0.15) is 36.6 Å². The lowest BCUT2D eigenvalue weighted by Gasteiger charge is -2.25. The Bertz CT molecular complexity index is 1290. The number of hydrogen-bond donors (Lipinski definition) is 2. The van der Waals surface area contributed by atoms with E-state index >= 15 is 0 Å². The first kappa shape index (κ1) is 16.8. The van der Waals surface area contributed by atoms with E-state index in [4.69, 9.17) is 5.73 Å². The summed E-state index contributed by atoms with van der Waals surface area (Å²) in [4.78, 5) is 27.9. The van der Waals surface area contributed by atoms with Gasteiger partial charge in [-0.3, -0.25) is 4.79 Å². The largest absolute Gasteiger partial charge is 0.394 e. The van der Waals surface area contributed by atoms with Gasteiger partial charge in [0.05, 0.1) is 12.1 Å². The smallest absolute Gasteiger partial charge is 0.272 e. The van der Waals surface area contributed by atoms with Gasteiger partial charge in [-0.05, 0) is 25.0 Å². The number of aromatic amines is 1. The van der Waals surface area contributed by atoms with Crippen LogP contribution in [0.25, 0.3) is 22.2 Å². The van der Waals surface area contributed by atoms with Crippen molar-refractivity contribution in [2.75, 3.05) is 5.73 Å². The van der Waals surface area contributed by atoms with Crippen LogP contribution in [-0.4, -0.2) is 24.5 Å². The molecule has 7 nitrogen and oxygen atoms in total. The third kappa shape index (κ3) is 2.39. The Hall–Kier alpha value is -3.36. The average Bonchev–Trinajstić information content (AvgIpc) is 2.99. The Kier molecular flexibility index (Phi) is 3.65. The molecule has 9 heteroatoms. The van der Waals surface area contributed by atoms with E-state index in [1.54, 1.807) is 12.4 Å². The van der Waals surface area contributed by atoms with Gasteiger partial charge in [0, 0.05) is 29.3 Å². The number of nitrogens with zero attached hydrogens (tertiary/aromatic N) is 4. The Balaban J connectivity index is 1.76. The van der Waals surface area contributed by atoms with E-state index in [9.17, 15) is 13.6 Å². The predicted octanol–water partition coefficient (Wildman–Crippen LogP) is 2.84. The highest BCUT2D eigenvalue weighted by molar-refractivity contribution is 5.86. The number of imidazole rings is 1. The van der Waals surface area contributed by atoms with Crippen molar-refractivity contribution >= 4 is 27.9 Å². The fourth-order valence-corrected chi connectivity index (χ4v) is 3.72. The number of nitrogens with two attached hydrogens (primary N) is 1. The van der Waals surface area contributed by atoms with Crippen LogP contribution < -0.4 is 11.3 Å². The van der Waals surface area contributed by atoms with E-state index in [0.29, 0.717) is 22.2 Å². The van der Waals surface area contributed by atoms with Gasteiger partial charge < -0.3 is 15.3 Å². The number of H-pyrrole nitrogens is 1. The Morgan fingerprint density at radius 3 is 2.75 bits per heavy atom. The predicted molar refractivity (Wildman–Crippen MR) is 99.9 cm³/mol. The molecular weight excluding hydrogens is 366 g/mol. The second-order valence-electron chi connectivity index (χ2n) is 7.02. The summed E-state index contributed by atoms with van der Waals surface area (Å²) in [6.07, 6.45) is 6.28. The first-order valence-corrected chi connectivity index (χ1v) is 9.00. The molecule has 1 aliphatic carbocycles. The number of fused-ring (bicyclic) bond motifs is 2. The lowest BCUT2D eigenvalue weighted by molar-refractivity contribution is 0.391. The van der Waals surface area contributed by atoms with Gasteiger partial charge in [-0.1, -0.05) is 6.42 Å². The van der Waals surface area contributed by atoms with Crippen molar-refractivity contribution in [2.24, 2.45) is 0 Å². The van der Waals surface area contributed by atoms with E-state index < -0.39 is 17.2 Å². The molecule has 1 aromatic carbocycles. The maximum absolute atomic E-state index is 14.3.